The zero-order valence-corrected chi connectivity index (χ0v) is 33.2. The van der Waals surface area contributed by atoms with E-state index in [1.54, 1.807) is 0 Å². The van der Waals surface area contributed by atoms with Crippen LogP contribution >= 0.6 is 0 Å². The largest absolute Gasteiger partial charge is 0.491 e. The van der Waals surface area contributed by atoms with Gasteiger partial charge in [-0.1, -0.05) is 71.9 Å². The predicted octanol–water partition coefficient (Wildman–Crippen LogP) is 10.5. The normalized spacial score (nSPS) is 21.2. The van der Waals surface area contributed by atoms with E-state index in [4.69, 9.17) is 18.3 Å². The molecule has 0 aromatic heterocycles. The number of esters is 1. The smallest absolute Gasteiger partial charge is 0.416 e. The van der Waals surface area contributed by atoms with Crippen LogP contribution in [0.1, 0.15) is 93.1 Å². The number of benzene rings is 1. The van der Waals surface area contributed by atoms with Gasteiger partial charge in [-0.3, -0.25) is 4.79 Å². The summed E-state index contributed by atoms with van der Waals surface area (Å²) < 4.78 is 65.3. The molecule has 49 heavy (non-hydrogen) atoms. The average molecular weight is 729 g/mol. The Hall–Kier alpha value is -1.93. The van der Waals surface area contributed by atoms with Crippen molar-refractivity contribution in [2.75, 3.05) is 6.61 Å². The second kappa shape index (κ2) is 20.8. The van der Waals surface area contributed by atoms with Gasteiger partial charge in [0.05, 0.1) is 30.0 Å². The molecule has 1 fully saturated rings. The van der Waals surface area contributed by atoms with Crippen LogP contribution in [0.5, 0.6) is 5.75 Å². The molecule has 1 N–H and O–H groups in total. The van der Waals surface area contributed by atoms with Crippen molar-refractivity contribution in [3.8, 4) is 5.75 Å². The second-order valence-corrected chi connectivity index (χ2v) is 23.1. The monoisotopic (exact) mass is 728 g/mol. The quantitative estimate of drug-likeness (QED) is 0.0555. The van der Waals surface area contributed by atoms with Crippen molar-refractivity contribution in [2.24, 2.45) is 11.8 Å². The standard InChI is InChI=1S/C38H63F3O6Si2/c1-9-48(10-2,11-3)46-32(28-44-31-21-19-20-30(26-31)38(39,40)41)24-25-34-33(22-17-15-16-18-23-37(43)45-29(7)8)35(42)27-36(34)47-49(12-4,13-5)14-6/h15,17,19-21,24-26,29,32-36,42H,9-14,16,18,22-23,27-28H2,1-8H3/b17-15-,25-24+/t32-,33-,34-,35+,36-/m1/s1. The lowest BCUT2D eigenvalue weighted by Gasteiger charge is -2.35. The number of carbonyl (C=O) groups excluding carboxylic acids is 1. The highest BCUT2D eigenvalue weighted by Crippen LogP contribution is 2.41. The number of halogens is 3. The number of allylic oxidation sites excluding steroid dienone is 2. The maximum absolute atomic E-state index is 13.4. The summed E-state index contributed by atoms with van der Waals surface area (Å²) in [5.74, 6) is -0.185. The molecule has 0 radical (unpaired) electrons. The molecule has 0 heterocycles. The van der Waals surface area contributed by atoms with E-state index in [0.717, 1.165) is 54.8 Å². The third-order valence-electron chi connectivity index (χ3n) is 10.4. The number of aliphatic hydroxyl groups excluding tert-OH is 1. The fourth-order valence-electron chi connectivity index (χ4n) is 6.83. The van der Waals surface area contributed by atoms with Crippen LogP contribution < -0.4 is 4.74 Å². The SMILES string of the molecule is CC[Si](CC)(CC)O[C@H](/C=C/[C@@H]1[C@@H](C/C=C\CCCC(=O)OC(C)C)[C@@H](O)C[C@H]1O[Si](CC)(CC)CC)COc1cccc(C(F)(F)F)c1. The minimum absolute atomic E-state index is 0.0715. The molecule has 1 aromatic carbocycles. The number of carbonyl (C=O) groups is 1. The Bertz CT molecular complexity index is 1150. The van der Waals surface area contributed by atoms with Crippen molar-refractivity contribution in [3.63, 3.8) is 0 Å². The van der Waals surface area contributed by atoms with Crippen LogP contribution in [0, 0.1) is 11.8 Å². The summed E-state index contributed by atoms with van der Waals surface area (Å²) in [4.78, 5) is 11.9. The summed E-state index contributed by atoms with van der Waals surface area (Å²) >= 11 is 0. The molecule has 1 saturated carbocycles. The van der Waals surface area contributed by atoms with E-state index in [1.165, 1.54) is 12.1 Å². The lowest BCUT2D eigenvalue weighted by atomic mass is 9.89. The molecule has 11 heteroatoms. The van der Waals surface area contributed by atoms with Gasteiger partial charge in [0.15, 0.2) is 16.6 Å². The molecular weight excluding hydrogens is 666 g/mol. The molecule has 5 atom stereocenters. The summed E-state index contributed by atoms with van der Waals surface area (Å²) in [6.45, 7) is 16.8. The van der Waals surface area contributed by atoms with Crippen molar-refractivity contribution < 1.29 is 41.4 Å². The topological polar surface area (TPSA) is 74.2 Å². The first kappa shape index (κ1) is 43.2. The highest BCUT2D eigenvalue weighted by atomic mass is 28.4. The maximum Gasteiger partial charge on any atom is 0.416 e. The lowest BCUT2D eigenvalue weighted by molar-refractivity contribution is -0.147. The van der Waals surface area contributed by atoms with Crippen LogP contribution in [0.4, 0.5) is 13.2 Å². The number of ether oxygens (including phenoxy) is 2. The fourth-order valence-corrected chi connectivity index (χ4v) is 12.5. The maximum atomic E-state index is 13.4. The average Bonchev–Trinajstić information content (AvgIpc) is 3.37. The zero-order chi connectivity index (χ0) is 36.7. The molecule has 0 spiro atoms. The van der Waals surface area contributed by atoms with Crippen molar-refractivity contribution >= 4 is 22.6 Å². The third-order valence-corrected chi connectivity index (χ3v) is 19.7. The van der Waals surface area contributed by atoms with E-state index in [0.29, 0.717) is 25.7 Å². The lowest BCUT2D eigenvalue weighted by Crippen LogP contribution is -2.42. The van der Waals surface area contributed by atoms with Gasteiger partial charge in [0, 0.05) is 12.3 Å². The highest BCUT2D eigenvalue weighted by Gasteiger charge is 2.45. The van der Waals surface area contributed by atoms with Gasteiger partial charge in [0.1, 0.15) is 12.4 Å². The molecule has 0 unspecified atom stereocenters. The van der Waals surface area contributed by atoms with Crippen molar-refractivity contribution in [1.29, 1.82) is 0 Å². The minimum atomic E-state index is -4.46. The highest BCUT2D eigenvalue weighted by molar-refractivity contribution is 6.74. The number of hydrogen-bond acceptors (Lipinski definition) is 6. The summed E-state index contributed by atoms with van der Waals surface area (Å²) in [5, 5.41) is 11.4. The third kappa shape index (κ3) is 13.6. The first-order chi connectivity index (χ1) is 23.2. The van der Waals surface area contributed by atoms with E-state index in [9.17, 15) is 23.1 Å². The molecule has 1 aliphatic carbocycles. The summed E-state index contributed by atoms with van der Waals surface area (Å²) in [5.41, 5.74) is -0.751. The summed E-state index contributed by atoms with van der Waals surface area (Å²) in [7, 11) is -4.11. The first-order valence-corrected chi connectivity index (χ1v) is 23.6. The minimum Gasteiger partial charge on any atom is -0.491 e. The first-order valence-electron chi connectivity index (χ1n) is 18.6. The number of aliphatic hydroxyl groups is 1. The molecular formula is C38H63F3O6Si2. The Labute approximate surface area is 296 Å². The Balaban J connectivity index is 2.36. The fraction of sp³-hybridized carbons (Fsp3) is 0.711. The van der Waals surface area contributed by atoms with E-state index < -0.39 is 40.6 Å². The van der Waals surface area contributed by atoms with Crippen molar-refractivity contribution in [3.05, 3.63) is 54.1 Å². The number of hydrogen-bond donors (Lipinski definition) is 1. The molecule has 0 amide bonds. The van der Waals surface area contributed by atoms with Crippen LogP contribution in [0.3, 0.4) is 0 Å². The van der Waals surface area contributed by atoms with Crippen LogP contribution in [0.25, 0.3) is 0 Å². The van der Waals surface area contributed by atoms with E-state index in [-0.39, 0.29) is 42.4 Å². The van der Waals surface area contributed by atoms with E-state index >= 15 is 0 Å². The van der Waals surface area contributed by atoms with Crippen molar-refractivity contribution in [1.82, 2.24) is 0 Å². The van der Waals surface area contributed by atoms with Crippen molar-refractivity contribution in [2.45, 2.75) is 154 Å². The van der Waals surface area contributed by atoms with Crippen LogP contribution in [0.2, 0.25) is 36.3 Å². The van der Waals surface area contributed by atoms with Gasteiger partial charge < -0.3 is 23.4 Å². The molecule has 1 aliphatic rings. The molecule has 0 saturated heterocycles. The predicted molar refractivity (Wildman–Crippen MR) is 197 cm³/mol. The molecule has 0 bridgehead atoms. The summed E-state index contributed by atoms with van der Waals surface area (Å²) in [6, 6.07) is 10.7. The number of rotatable bonds is 22. The molecule has 280 valence electrons. The van der Waals surface area contributed by atoms with Crippen LogP contribution in [-0.2, 0) is 24.6 Å². The second-order valence-electron chi connectivity index (χ2n) is 13.7. The molecule has 2 rings (SSSR count). The van der Waals surface area contributed by atoms with E-state index in [1.807, 2.05) is 19.9 Å². The number of unbranched alkanes of at least 4 members (excludes halogenated alkanes) is 1. The van der Waals surface area contributed by atoms with E-state index in [2.05, 4.69) is 59.8 Å². The summed E-state index contributed by atoms with van der Waals surface area (Å²) in [6.07, 6.45) is 5.61. The Morgan fingerprint density at radius 3 is 2.18 bits per heavy atom. The van der Waals surface area contributed by atoms with Gasteiger partial charge in [0.2, 0.25) is 0 Å². The Morgan fingerprint density at radius 1 is 0.980 bits per heavy atom. The Morgan fingerprint density at radius 2 is 1.61 bits per heavy atom. The number of alkyl halides is 3. The van der Waals surface area contributed by atoms with Crippen LogP contribution in [0.15, 0.2) is 48.6 Å². The molecule has 6 nitrogen and oxygen atoms in total. The van der Waals surface area contributed by atoms with Gasteiger partial charge in [-0.15, -0.1) is 0 Å². The van der Waals surface area contributed by atoms with Crippen LogP contribution in [-0.4, -0.2) is 58.7 Å². The molecule has 1 aromatic rings. The Kier molecular flexibility index (Phi) is 18.4. The zero-order valence-electron chi connectivity index (χ0n) is 31.2. The van der Waals surface area contributed by atoms with Gasteiger partial charge in [-0.05, 0) is 99.9 Å². The van der Waals surface area contributed by atoms with Gasteiger partial charge in [-0.25, -0.2) is 0 Å². The van der Waals surface area contributed by atoms with Gasteiger partial charge >= 0.3 is 12.1 Å². The van der Waals surface area contributed by atoms with Gasteiger partial charge in [-0.2, -0.15) is 13.2 Å². The molecule has 0 aliphatic heterocycles. The van der Waals surface area contributed by atoms with Gasteiger partial charge in [0.25, 0.3) is 0 Å².